The van der Waals surface area contributed by atoms with Crippen molar-refractivity contribution in [2.45, 2.75) is 13.2 Å². The molecule has 1 aliphatic rings. The lowest BCUT2D eigenvalue weighted by atomic mass is 10.1. The molecular formula is C16H14O4. The third-order valence-electron chi connectivity index (χ3n) is 3.26. The lowest BCUT2D eigenvalue weighted by Crippen LogP contribution is -2.12. The predicted molar refractivity (Wildman–Crippen MR) is 72.9 cm³/mol. The summed E-state index contributed by atoms with van der Waals surface area (Å²) in [6, 6.07) is 13.1. The molecule has 0 aliphatic carbocycles. The Morgan fingerprint density at radius 3 is 2.40 bits per heavy atom. The van der Waals surface area contributed by atoms with Crippen LogP contribution in [0.5, 0.6) is 11.5 Å². The summed E-state index contributed by atoms with van der Waals surface area (Å²) in [6.07, 6.45) is 0. The zero-order valence-corrected chi connectivity index (χ0v) is 11.1. The summed E-state index contributed by atoms with van der Waals surface area (Å²) in [5.74, 6) is 0.565. The zero-order valence-electron chi connectivity index (χ0n) is 11.1. The van der Waals surface area contributed by atoms with Crippen LogP contribution in [-0.2, 0) is 18.0 Å². The van der Waals surface area contributed by atoms with Gasteiger partial charge in [-0.15, -0.1) is 0 Å². The molecule has 0 unspecified atom stereocenters. The quantitative estimate of drug-likeness (QED) is 0.747. The van der Waals surface area contributed by atoms with Crippen LogP contribution in [0.2, 0.25) is 0 Å². The highest BCUT2D eigenvalue weighted by molar-refractivity contribution is 5.93. The van der Waals surface area contributed by atoms with Crippen molar-refractivity contribution in [2.24, 2.45) is 0 Å². The van der Waals surface area contributed by atoms with Crippen LogP contribution in [0.25, 0.3) is 0 Å². The summed E-state index contributed by atoms with van der Waals surface area (Å²) < 4.78 is 16.3. The second-order valence-corrected chi connectivity index (χ2v) is 4.47. The number of hydrogen-bond donors (Lipinski definition) is 0. The van der Waals surface area contributed by atoms with E-state index < -0.39 is 5.97 Å². The molecule has 3 rings (SSSR count). The highest BCUT2D eigenvalue weighted by Gasteiger charge is 2.20. The number of methoxy groups -OCH3 is 1. The van der Waals surface area contributed by atoms with Crippen LogP contribution in [0.4, 0.5) is 0 Å². The van der Waals surface area contributed by atoms with Crippen LogP contribution in [0.3, 0.4) is 0 Å². The number of hydrogen-bond acceptors (Lipinski definition) is 4. The Morgan fingerprint density at radius 2 is 1.70 bits per heavy atom. The molecule has 4 nitrogen and oxygen atoms in total. The van der Waals surface area contributed by atoms with E-state index in [1.54, 1.807) is 18.2 Å². The van der Waals surface area contributed by atoms with E-state index in [1.807, 2.05) is 24.3 Å². The van der Waals surface area contributed by atoms with Crippen LogP contribution < -0.4 is 9.47 Å². The molecular weight excluding hydrogens is 256 g/mol. The first-order valence-electron chi connectivity index (χ1n) is 6.33. The van der Waals surface area contributed by atoms with Gasteiger partial charge >= 0.3 is 5.97 Å². The summed E-state index contributed by atoms with van der Waals surface area (Å²) in [5, 5.41) is 0. The summed E-state index contributed by atoms with van der Waals surface area (Å²) in [5.41, 5.74) is 2.52. The zero-order chi connectivity index (χ0) is 13.9. The van der Waals surface area contributed by atoms with Crippen molar-refractivity contribution >= 4 is 5.97 Å². The largest absolute Gasteiger partial charge is 0.485 e. The molecule has 0 aromatic heterocycles. The highest BCUT2D eigenvalue weighted by Crippen LogP contribution is 2.35. The standard InChI is InChI=1S/C16H14O4/c1-18-16(17)13-7-4-8-14-15(13)20-10-12-6-3-2-5-11(12)9-19-14/h2-8H,9-10H2,1H3. The molecule has 1 heterocycles. The Balaban J connectivity index is 2.00. The van der Waals surface area contributed by atoms with Crippen LogP contribution in [0, 0.1) is 0 Å². The number of para-hydroxylation sites is 1. The maximum Gasteiger partial charge on any atom is 0.341 e. The minimum atomic E-state index is -0.431. The second kappa shape index (κ2) is 5.25. The van der Waals surface area contributed by atoms with E-state index in [9.17, 15) is 4.79 Å². The predicted octanol–water partition coefficient (Wildman–Crippen LogP) is 2.94. The van der Waals surface area contributed by atoms with E-state index in [4.69, 9.17) is 14.2 Å². The molecule has 0 bridgehead atoms. The third kappa shape index (κ3) is 2.20. The van der Waals surface area contributed by atoms with Gasteiger partial charge in [-0.05, 0) is 23.3 Å². The normalized spacial score (nSPS) is 12.8. The number of rotatable bonds is 1. The minimum Gasteiger partial charge on any atom is -0.485 e. The van der Waals surface area contributed by atoms with Crippen molar-refractivity contribution in [3.8, 4) is 11.5 Å². The van der Waals surface area contributed by atoms with Gasteiger partial charge in [0, 0.05) is 0 Å². The molecule has 0 saturated carbocycles. The fourth-order valence-electron chi connectivity index (χ4n) is 2.19. The maximum absolute atomic E-state index is 11.8. The average Bonchev–Trinajstić information content (AvgIpc) is 2.48. The lowest BCUT2D eigenvalue weighted by Gasteiger charge is -2.20. The van der Waals surface area contributed by atoms with Crippen molar-refractivity contribution in [1.29, 1.82) is 0 Å². The second-order valence-electron chi connectivity index (χ2n) is 4.47. The lowest BCUT2D eigenvalue weighted by molar-refractivity contribution is 0.0594. The van der Waals surface area contributed by atoms with Crippen LogP contribution in [0.1, 0.15) is 21.5 Å². The molecule has 0 radical (unpaired) electrons. The van der Waals surface area contributed by atoms with E-state index in [2.05, 4.69) is 0 Å². The van der Waals surface area contributed by atoms with Crippen molar-refractivity contribution in [2.75, 3.05) is 7.11 Å². The molecule has 2 aromatic carbocycles. The van der Waals surface area contributed by atoms with Gasteiger partial charge in [0.15, 0.2) is 11.5 Å². The van der Waals surface area contributed by atoms with Gasteiger partial charge in [0.2, 0.25) is 0 Å². The van der Waals surface area contributed by atoms with Gasteiger partial charge in [-0.1, -0.05) is 30.3 Å². The van der Waals surface area contributed by atoms with Crippen LogP contribution in [-0.4, -0.2) is 13.1 Å². The van der Waals surface area contributed by atoms with E-state index in [0.717, 1.165) is 11.1 Å². The van der Waals surface area contributed by atoms with Crippen molar-refractivity contribution in [1.82, 2.24) is 0 Å². The Kier molecular flexibility index (Phi) is 3.29. The number of benzene rings is 2. The molecule has 0 fully saturated rings. The van der Waals surface area contributed by atoms with Gasteiger partial charge < -0.3 is 14.2 Å². The molecule has 0 saturated heterocycles. The molecule has 2 aromatic rings. The molecule has 4 heteroatoms. The summed E-state index contributed by atoms with van der Waals surface area (Å²) in [7, 11) is 1.35. The van der Waals surface area contributed by atoms with Crippen molar-refractivity contribution in [3.63, 3.8) is 0 Å². The van der Waals surface area contributed by atoms with Gasteiger partial charge in [0.1, 0.15) is 18.8 Å². The minimum absolute atomic E-state index is 0.379. The van der Waals surface area contributed by atoms with Gasteiger partial charge in [-0.3, -0.25) is 0 Å². The van der Waals surface area contributed by atoms with Crippen molar-refractivity contribution in [3.05, 3.63) is 59.2 Å². The fourth-order valence-corrected chi connectivity index (χ4v) is 2.19. The number of esters is 1. The molecule has 0 atom stereocenters. The Hall–Kier alpha value is -2.49. The molecule has 1 aliphatic heterocycles. The first-order chi connectivity index (χ1) is 9.79. The van der Waals surface area contributed by atoms with E-state index >= 15 is 0 Å². The monoisotopic (exact) mass is 270 g/mol. The molecule has 0 amide bonds. The Labute approximate surface area is 116 Å². The van der Waals surface area contributed by atoms with Gasteiger partial charge in [-0.2, -0.15) is 0 Å². The SMILES string of the molecule is COC(=O)c1cccc2c1OCc1ccccc1CO2. The van der Waals surface area contributed by atoms with E-state index in [-0.39, 0.29) is 0 Å². The Morgan fingerprint density at radius 1 is 1.00 bits per heavy atom. The van der Waals surface area contributed by atoms with Gasteiger partial charge in [0.05, 0.1) is 7.11 Å². The fraction of sp³-hybridized carbons (Fsp3) is 0.188. The topological polar surface area (TPSA) is 44.8 Å². The Bertz CT molecular complexity index is 649. The smallest absolute Gasteiger partial charge is 0.341 e. The molecule has 0 spiro atoms. The molecule has 0 N–H and O–H groups in total. The molecule has 20 heavy (non-hydrogen) atoms. The summed E-state index contributed by atoms with van der Waals surface area (Å²) in [6.45, 7) is 0.859. The summed E-state index contributed by atoms with van der Waals surface area (Å²) >= 11 is 0. The molecule has 102 valence electrons. The average molecular weight is 270 g/mol. The van der Waals surface area contributed by atoms with Gasteiger partial charge in [-0.25, -0.2) is 4.79 Å². The number of carbonyl (C=O) groups is 1. The van der Waals surface area contributed by atoms with Gasteiger partial charge in [0.25, 0.3) is 0 Å². The maximum atomic E-state index is 11.8. The third-order valence-corrected chi connectivity index (χ3v) is 3.26. The van der Waals surface area contributed by atoms with Crippen LogP contribution in [0.15, 0.2) is 42.5 Å². The number of carbonyl (C=O) groups excluding carboxylic acids is 1. The van der Waals surface area contributed by atoms with Crippen LogP contribution >= 0.6 is 0 Å². The first-order valence-corrected chi connectivity index (χ1v) is 6.33. The first kappa shape index (κ1) is 12.5. The number of fused-ring (bicyclic) bond motifs is 2. The van der Waals surface area contributed by atoms with E-state index in [1.165, 1.54) is 7.11 Å². The number of ether oxygens (including phenoxy) is 3. The van der Waals surface area contributed by atoms with E-state index in [0.29, 0.717) is 30.3 Å². The summed E-state index contributed by atoms with van der Waals surface area (Å²) in [4.78, 5) is 11.8. The highest BCUT2D eigenvalue weighted by atomic mass is 16.5. The van der Waals surface area contributed by atoms with Crippen molar-refractivity contribution < 1.29 is 19.0 Å².